The summed E-state index contributed by atoms with van der Waals surface area (Å²) in [5.74, 6) is 0.135. The van der Waals surface area contributed by atoms with Gasteiger partial charge in [-0.2, -0.15) is 0 Å². The van der Waals surface area contributed by atoms with Crippen molar-refractivity contribution >= 4 is 17.2 Å². The monoisotopic (exact) mass is 384 g/mol. The molecule has 5 heteroatoms. The molecular weight excluding hydrogens is 356 g/mol. The predicted octanol–water partition coefficient (Wildman–Crippen LogP) is 3.64. The van der Waals surface area contributed by atoms with Gasteiger partial charge in [0.2, 0.25) is 0 Å². The molecule has 1 aromatic carbocycles. The molecule has 1 N–H and O–H groups in total. The number of thiophene rings is 1. The third-order valence-corrected chi connectivity index (χ3v) is 7.74. The van der Waals surface area contributed by atoms with Crippen LogP contribution in [0.4, 0.5) is 0 Å². The first kappa shape index (κ1) is 18.7. The van der Waals surface area contributed by atoms with Gasteiger partial charge in [-0.1, -0.05) is 30.3 Å². The van der Waals surface area contributed by atoms with Crippen LogP contribution in [-0.4, -0.2) is 60.1 Å². The molecule has 2 fully saturated rings. The lowest BCUT2D eigenvalue weighted by Gasteiger charge is -2.53. The minimum absolute atomic E-state index is 0.0374. The second-order valence-corrected chi connectivity index (χ2v) is 9.16. The number of aryl methyl sites for hydroxylation is 1. The van der Waals surface area contributed by atoms with Gasteiger partial charge in [-0.3, -0.25) is 4.79 Å². The Bertz CT molecular complexity index is 819. The van der Waals surface area contributed by atoms with Gasteiger partial charge in [0.25, 0.3) is 5.91 Å². The lowest BCUT2D eigenvalue weighted by atomic mass is 9.69. The highest BCUT2D eigenvalue weighted by Crippen LogP contribution is 2.42. The number of amides is 1. The highest BCUT2D eigenvalue weighted by Gasteiger charge is 2.47. The standard InChI is InChI=1S/C22H28N2O2S/c1-16-13-18(27-20(16)17-7-4-3-5-8-17)21(26)24-12-10-22(15-25)9-6-11-23(2)19(22)14-24/h3-5,7-8,13,19,25H,6,9-12,14-15H2,1-2H3/t19-,22-/m1/s1. The number of hydrogen-bond acceptors (Lipinski definition) is 4. The Morgan fingerprint density at radius 2 is 2.04 bits per heavy atom. The maximum Gasteiger partial charge on any atom is 0.264 e. The summed E-state index contributed by atoms with van der Waals surface area (Å²) in [5, 5.41) is 10.1. The number of hydrogen-bond donors (Lipinski definition) is 1. The summed E-state index contributed by atoms with van der Waals surface area (Å²) in [6.45, 7) is 4.80. The average Bonchev–Trinajstić information content (AvgIpc) is 3.10. The molecule has 2 aromatic rings. The molecule has 2 aliphatic heterocycles. The first-order chi connectivity index (χ1) is 13.0. The molecule has 0 spiro atoms. The average molecular weight is 385 g/mol. The third-order valence-electron chi connectivity index (χ3n) is 6.46. The number of rotatable bonds is 3. The Labute approximate surface area is 165 Å². The van der Waals surface area contributed by atoms with E-state index in [9.17, 15) is 9.90 Å². The molecule has 1 aromatic heterocycles. The minimum Gasteiger partial charge on any atom is -0.396 e. The van der Waals surface area contributed by atoms with Crippen LogP contribution in [0.2, 0.25) is 0 Å². The molecular formula is C22H28N2O2S. The molecule has 1 amide bonds. The summed E-state index contributed by atoms with van der Waals surface area (Å²) >= 11 is 1.60. The SMILES string of the molecule is Cc1cc(C(=O)N2CC[C@@]3(CO)CCCN(C)[C@@H]3C2)sc1-c1ccccc1. The maximum atomic E-state index is 13.2. The van der Waals surface area contributed by atoms with Crippen LogP contribution < -0.4 is 0 Å². The fraction of sp³-hybridized carbons (Fsp3) is 0.500. The number of aliphatic hydroxyl groups is 1. The zero-order valence-electron chi connectivity index (χ0n) is 16.1. The summed E-state index contributed by atoms with van der Waals surface area (Å²) in [4.78, 5) is 19.6. The molecule has 0 radical (unpaired) electrons. The first-order valence-corrected chi connectivity index (χ1v) is 10.6. The molecule has 0 aliphatic carbocycles. The van der Waals surface area contributed by atoms with E-state index >= 15 is 0 Å². The van der Waals surface area contributed by atoms with E-state index in [1.165, 1.54) is 10.4 Å². The Hall–Kier alpha value is -1.69. The normalized spacial score (nSPS) is 26.0. The van der Waals surface area contributed by atoms with Gasteiger partial charge in [0.15, 0.2) is 0 Å². The molecule has 0 unspecified atom stereocenters. The van der Waals surface area contributed by atoms with Crippen LogP contribution in [0, 0.1) is 12.3 Å². The number of carbonyl (C=O) groups excluding carboxylic acids is 1. The zero-order valence-corrected chi connectivity index (χ0v) is 17.0. The summed E-state index contributed by atoms with van der Waals surface area (Å²) in [6, 6.07) is 12.6. The Morgan fingerprint density at radius 1 is 1.26 bits per heavy atom. The maximum absolute atomic E-state index is 13.2. The van der Waals surface area contributed by atoms with Crippen molar-refractivity contribution in [3.05, 3.63) is 46.8 Å². The van der Waals surface area contributed by atoms with E-state index in [0.29, 0.717) is 6.54 Å². The number of carbonyl (C=O) groups is 1. The number of likely N-dealkylation sites (tertiary alicyclic amines) is 2. The Kier molecular flexibility index (Phi) is 5.10. The van der Waals surface area contributed by atoms with Gasteiger partial charge in [0.1, 0.15) is 0 Å². The van der Waals surface area contributed by atoms with E-state index in [-0.39, 0.29) is 24.0 Å². The second-order valence-electron chi connectivity index (χ2n) is 8.11. The van der Waals surface area contributed by atoms with E-state index < -0.39 is 0 Å². The van der Waals surface area contributed by atoms with Gasteiger partial charge in [0, 0.05) is 29.4 Å². The van der Waals surface area contributed by atoms with Gasteiger partial charge >= 0.3 is 0 Å². The largest absolute Gasteiger partial charge is 0.396 e. The van der Waals surface area contributed by atoms with Crippen LogP contribution in [-0.2, 0) is 0 Å². The lowest BCUT2D eigenvalue weighted by Crippen LogP contribution is -2.62. The van der Waals surface area contributed by atoms with Gasteiger partial charge in [-0.25, -0.2) is 0 Å². The third kappa shape index (κ3) is 3.33. The van der Waals surface area contributed by atoms with Gasteiger partial charge in [0.05, 0.1) is 11.5 Å². The number of aliphatic hydroxyl groups excluding tert-OH is 1. The van der Waals surface area contributed by atoms with Crippen LogP contribution in [0.5, 0.6) is 0 Å². The minimum atomic E-state index is -0.0374. The highest BCUT2D eigenvalue weighted by molar-refractivity contribution is 7.17. The highest BCUT2D eigenvalue weighted by atomic mass is 32.1. The van der Waals surface area contributed by atoms with Crippen LogP contribution in [0.1, 0.15) is 34.5 Å². The zero-order chi connectivity index (χ0) is 19.0. The summed E-state index contributed by atoms with van der Waals surface area (Å²) in [6.07, 6.45) is 3.09. The van der Waals surface area contributed by atoms with Crippen molar-refractivity contribution in [1.82, 2.24) is 9.80 Å². The fourth-order valence-electron chi connectivity index (χ4n) is 4.82. The van der Waals surface area contributed by atoms with Gasteiger partial charge in [-0.05, 0) is 57.0 Å². The van der Waals surface area contributed by atoms with Crippen molar-refractivity contribution in [1.29, 1.82) is 0 Å². The molecule has 27 heavy (non-hydrogen) atoms. The molecule has 2 saturated heterocycles. The lowest BCUT2D eigenvalue weighted by molar-refractivity contribution is -0.0600. The van der Waals surface area contributed by atoms with Crippen molar-refractivity contribution in [2.24, 2.45) is 5.41 Å². The van der Waals surface area contributed by atoms with Gasteiger partial charge < -0.3 is 14.9 Å². The smallest absolute Gasteiger partial charge is 0.264 e. The van der Waals surface area contributed by atoms with Crippen LogP contribution in [0.15, 0.2) is 36.4 Å². The second kappa shape index (κ2) is 7.38. The Balaban J connectivity index is 1.56. The molecule has 4 rings (SSSR count). The number of nitrogens with zero attached hydrogens (tertiary/aromatic N) is 2. The molecule has 4 nitrogen and oxygen atoms in total. The van der Waals surface area contributed by atoms with E-state index in [2.05, 4.69) is 31.0 Å². The predicted molar refractivity (Wildman–Crippen MR) is 110 cm³/mol. The fourth-order valence-corrected chi connectivity index (χ4v) is 5.97. The van der Waals surface area contributed by atoms with Crippen molar-refractivity contribution in [2.75, 3.05) is 33.3 Å². The molecule has 2 atom stereocenters. The molecule has 3 heterocycles. The molecule has 0 bridgehead atoms. The molecule has 2 aliphatic rings. The van der Waals surface area contributed by atoms with Crippen LogP contribution in [0.3, 0.4) is 0 Å². The van der Waals surface area contributed by atoms with Crippen LogP contribution >= 0.6 is 11.3 Å². The van der Waals surface area contributed by atoms with E-state index in [1.54, 1.807) is 11.3 Å². The van der Waals surface area contributed by atoms with Crippen LogP contribution in [0.25, 0.3) is 10.4 Å². The van der Waals surface area contributed by atoms with Crippen molar-refractivity contribution in [3.8, 4) is 10.4 Å². The summed E-state index contributed by atoms with van der Waals surface area (Å²) in [5.41, 5.74) is 2.29. The first-order valence-electron chi connectivity index (χ1n) is 9.80. The van der Waals surface area contributed by atoms with E-state index in [0.717, 1.165) is 42.8 Å². The Morgan fingerprint density at radius 3 is 2.78 bits per heavy atom. The van der Waals surface area contributed by atoms with Gasteiger partial charge in [-0.15, -0.1) is 11.3 Å². The number of likely N-dealkylation sites (N-methyl/N-ethyl adjacent to an activating group) is 1. The van der Waals surface area contributed by atoms with Crippen molar-refractivity contribution < 1.29 is 9.90 Å². The molecule has 0 saturated carbocycles. The number of fused-ring (bicyclic) bond motifs is 1. The number of benzene rings is 1. The molecule has 144 valence electrons. The van der Waals surface area contributed by atoms with E-state index in [4.69, 9.17) is 0 Å². The quantitative estimate of drug-likeness (QED) is 0.879. The number of piperidine rings is 2. The summed E-state index contributed by atoms with van der Waals surface area (Å²) in [7, 11) is 2.13. The van der Waals surface area contributed by atoms with E-state index in [1.807, 2.05) is 29.2 Å². The topological polar surface area (TPSA) is 43.8 Å². The van der Waals surface area contributed by atoms with Crippen molar-refractivity contribution in [3.63, 3.8) is 0 Å². The summed E-state index contributed by atoms with van der Waals surface area (Å²) < 4.78 is 0. The van der Waals surface area contributed by atoms with Crippen molar-refractivity contribution in [2.45, 2.75) is 32.2 Å².